The summed E-state index contributed by atoms with van der Waals surface area (Å²) in [6.07, 6.45) is 8.26. The molecular weight excluding hydrogens is 562 g/mol. The van der Waals surface area contributed by atoms with E-state index in [9.17, 15) is 18.3 Å². The summed E-state index contributed by atoms with van der Waals surface area (Å²) in [7, 11) is -3.75. The second kappa shape index (κ2) is 13.8. The number of amides is 1. The molecular formula is C31H42ClN3O5S. The molecule has 10 heteroatoms. The Kier molecular flexibility index (Phi) is 10.1. The van der Waals surface area contributed by atoms with Gasteiger partial charge < -0.3 is 20.1 Å². The number of nitrogens with zero attached hydrogens (tertiary/aromatic N) is 1. The second-order valence-corrected chi connectivity index (χ2v) is 14.0. The highest BCUT2D eigenvalue weighted by Gasteiger charge is 2.38. The SMILES string of the molecule is O=C1NS(=O)(=O)CCCCC[C@H](NCCO)[C@@H]2CC[C@H]2CN2CCCCc3cc(Cl)ccc3COc3ccc1cc32. The van der Waals surface area contributed by atoms with Crippen LogP contribution in [0.25, 0.3) is 0 Å². The first kappa shape index (κ1) is 30.1. The molecule has 3 N–H and O–H groups in total. The summed E-state index contributed by atoms with van der Waals surface area (Å²) in [5.41, 5.74) is 3.41. The number of aliphatic hydroxyl groups is 1. The van der Waals surface area contributed by atoms with Gasteiger partial charge in [0.1, 0.15) is 12.4 Å². The summed E-state index contributed by atoms with van der Waals surface area (Å²) < 4.78 is 34.1. The Morgan fingerprint density at radius 1 is 1.02 bits per heavy atom. The van der Waals surface area contributed by atoms with E-state index in [1.54, 1.807) is 18.2 Å². The molecule has 3 aliphatic rings. The van der Waals surface area contributed by atoms with Crippen LogP contribution in [0.2, 0.25) is 5.02 Å². The molecule has 224 valence electrons. The third-order valence-corrected chi connectivity index (χ3v) is 10.4. The molecule has 41 heavy (non-hydrogen) atoms. The summed E-state index contributed by atoms with van der Waals surface area (Å²) >= 11 is 6.31. The van der Waals surface area contributed by atoms with Crippen molar-refractivity contribution < 1.29 is 23.1 Å². The van der Waals surface area contributed by atoms with E-state index < -0.39 is 15.9 Å². The van der Waals surface area contributed by atoms with Crippen LogP contribution in [-0.4, -0.2) is 57.5 Å². The number of carbonyl (C=O) groups is 1. The molecule has 2 heterocycles. The van der Waals surface area contributed by atoms with Crippen molar-refractivity contribution in [2.24, 2.45) is 11.8 Å². The first-order valence-electron chi connectivity index (χ1n) is 15.0. The Hall–Kier alpha value is -2.33. The van der Waals surface area contributed by atoms with Crippen LogP contribution in [0.5, 0.6) is 5.75 Å². The smallest absolute Gasteiger partial charge is 0.264 e. The molecule has 8 nitrogen and oxygen atoms in total. The van der Waals surface area contributed by atoms with E-state index in [4.69, 9.17) is 16.3 Å². The van der Waals surface area contributed by atoms with Crippen molar-refractivity contribution in [2.45, 2.75) is 70.4 Å². The monoisotopic (exact) mass is 603 g/mol. The fourth-order valence-electron chi connectivity index (χ4n) is 6.52. The number of anilines is 1. The van der Waals surface area contributed by atoms with Crippen LogP contribution in [0.3, 0.4) is 0 Å². The predicted molar refractivity (Wildman–Crippen MR) is 162 cm³/mol. The van der Waals surface area contributed by atoms with Gasteiger partial charge in [-0.05, 0) is 98.2 Å². The minimum atomic E-state index is -3.75. The number of carbonyl (C=O) groups excluding carboxylic acids is 1. The quantitative estimate of drug-likeness (QED) is 0.468. The van der Waals surface area contributed by atoms with E-state index in [2.05, 4.69) is 14.9 Å². The van der Waals surface area contributed by atoms with Crippen LogP contribution >= 0.6 is 11.6 Å². The highest BCUT2D eigenvalue weighted by molar-refractivity contribution is 7.90. The topological polar surface area (TPSA) is 108 Å². The van der Waals surface area contributed by atoms with Gasteiger partial charge in [-0.3, -0.25) is 4.79 Å². The lowest BCUT2D eigenvalue weighted by Crippen LogP contribution is -2.49. The van der Waals surface area contributed by atoms with Gasteiger partial charge in [-0.15, -0.1) is 0 Å². The molecule has 0 aromatic heterocycles. The summed E-state index contributed by atoms with van der Waals surface area (Å²) in [5, 5.41) is 13.8. The Morgan fingerprint density at radius 2 is 1.90 bits per heavy atom. The maximum Gasteiger partial charge on any atom is 0.264 e. The zero-order valence-corrected chi connectivity index (χ0v) is 25.2. The number of ether oxygens (including phenoxy) is 1. The summed E-state index contributed by atoms with van der Waals surface area (Å²) in [4.78, 5) is 15.5. The molecule has 2 aromatic carbocycles. The van der Waals surface area contributed by atoms with Crippen molar-refractivity contribution in [1.82, 2.24) is 10.0 Å². The lowest BCUT2D eigenvalue weighted by atomic mass is 9.68. The Labute approximate surface area is 248 Å². The number of hydrogen-bond acceptors (Lipinski definition) is 7. The maximum absolute atomic E-state index is 13.1. The fraction of sp³-hybridized carbons (Fsp3) is 0.581. The lowest BCUT2D eigenvalue weighted by Gasteiger charge is -2.45. The van der Waals surface area contributed by atoms with E-state index in [1.807, 2.05) is 18.2 Å². The van der Waals surface area contributed by atoms with E-state index >= 15 is 0 Å². The summed E-state index contributed by atoms with van der Waals surface area (Å²) in [5.74, 6) is 0.955. The molecule has 1 saturated carbocycles. The van der Waals surface area contributed by atoms with Gasteiger partial charge in [-0.2, -0.15) is 0 Å². The van der Waals surface area contributed by atoms with Gasteiger partial charge in [0.25, 0.3) is 5.91 Å². The van der Waals surface area contributed by atoms with Crippen LogP contribution < -0.4 is 19.7 Å². The molecule has 2 aromatic rings. The third kappa shape index (κ3) is 7.74. The van der Waals surface area contributed by atoms with Crippen LogP contribution in [-0.2, 0) is 23.1 Å². The van der Waals surface area contributed by atoms with Crippen LogP contribution in [0.4, 0.5) is 5.69 Å². The standard InChI is InChI=1S/C31H42ClN3O5S/c32-26-11-8-25-21-40-30-13-10-23-19-29(30)35(15-4-3-6-22(25)18-26)20-24-9-12-27(24)28(33-14-16-36)7-2-1-5-17-41(38,39)34-31(23)37/h8,10-11,13,18-19,24,27-28,33,36H,1-7,9,12,14-17,20-21H2,(H,34,37)/t24-,27+,28-/m0/s1. The van der Waals surface area contributed by atoms with Gasteiger partial charge >= 0.3 is 0 Å². The molecule has 1 aliphatic carbocycles. The number of hydrogen-bond donors (Lipinski definition) is 3. The number of nitrogens with one attached hydrogen (secondary N) is 2. The number of benzene rings is 2. The van der Waals surface area contributed by atoms with Crippen molar-refractivity contribution in [3.05, 3.63) is 58.1 Å². The average molecular weight is 604 g/mol. The minimum absolute atomic E-state index is 0.0802. The van der Waals surface area contributed by atoms with Gasteiger partial charge in [-0.1, -0.05) is 30.5 Å². The van der Waals surface area contributed by atoms with Gasteiger partial charge in [0.05, 0.1) is 18.0 Å². The van der Waals surface area contributed by atoms with Crippen molar-refractivity contribution >= 4 is 33.2 Å². The first-order chi connectivity index (χ1) is 19.8. The Morgan fingerprint density at radius 3 is 2.71 bits per heavy atom. The van der Waals surface area contributed by atoms with E-state index in [0.29, 0.717) is 42.7 Å². The van der Waals surface area contributed by atoms with Gasteiger partial charge in [0, 0.05) is 36.3 Å². The number of aryl methyl sites for hydroxylation is 1. The molecule has 1 amide bonds. The molecule has 0 radical (unpaired) electrons. The summed E-state index contributed by atoms with van der Waals surface area (Å²) in [6.45, 7) is 2.67. The molecule has 1 fully saturated rings. The zero-order valence-electron chi connectivity index (χ0n) is 23.6. The Balaban J connectivity index is 1.50. The lowest BCUT2D eigenvalue weighted by molar-refractivity contribution is 0.0981. The molecule has 2 aliphatic heterocycles. The van der Waals surface area contributed by atoms with Gasteiger partial charge in [0.2, 0.25) is 10.0 Å². The van der Waals surface area contributed by atoms with E-state index in [1.165, 1.54) is 5.56 Å². The molecule has 0 saturated heterocycles. The summed E-state index contributed by atoms with van der Waals surface area (Å²) in [6, 6.07) is 11.4. The van der Waals surface area contributed by atoms with Crippen LogP contribution in [0.15, 0.2) is 36.4 Å². The van der Waals surface area contributed by atoms with E-state index in [0.717, 1.165) is 80.7 Å². The number of aliphatic hydroxyl groups excluding tert-OH is 1. The number of halogens is 1. The van der Waals surface area contributed by atoms with Crippen LogP contribution in [0.1, 0.15) is 72.9 Å². The number of rotatable bonds is 3. The second-order valence-electron chi connectivity index (χ2n) is 11.7. The van der Waals surface area contributed by atoms with Crippen molar-refractivity contribution in [2.75, 3.05) is 36.9 Å². The Bertz CT molecular complexity index is 1320. The first-order valence-corrected chi connectivity index (χ1v) is 17.0. The average Bonchev–Trinajstić information content (AvgIpc) is 2.96. The highest BCUT2D eigenvalue weighted by Crippen LogP contribution is 2.41. The molecule has 0 spiro atoms. The zero-order chi connectivity index (χ0) is 28.8. The van der Waals surface area contributed by atoms with Gasteiger partial charge in [-0.25, -0.2) is 13.1 Å². The fourth-order valence-corrected chi connectivity index (χ4v) is 7.80. The van der Waals surface area contributed by atoms with Crippen LogP contribution in [0, 0.1) is 11.8 Å². The maximum atomic E-state index is 13.1. The van der Waals surface area contributed by atoms with E-state index in [-0.39, 0.29) is 18.4 Å². The molecule has 2 bridgehead atoms. The third-order valence-electron chi connectivity index (χ3n) is 8.88. The molecule has 3 atom stereocenters. The highest BCUT2D eigenvalue weighted by atomic mass is 35.5. The van der Waals surface area contributed by atoms with Crippen molar-refractivity contribution in [3.63, 3.8) is 0 Å². The van der Waals surface area contributed by atoms with Gasteiger partial charge in [0.15, 0.2) is 0 Å². The van der Waals surface area contributed by atoms with Crippen molar-refractivity contribution in [1.29, 1.82) is 0 Å². The largest absolute Gasteiger partial charge is 0.487 e. The normalized spacial score (nSPS) is 25.4. The number of fused-ring (bicyclic) bond motifs is 3. The predicted octanol–water partition coefficient (Wildman–Crippen LogP) is 4.67. The minimum Gasteiger partial charge on any atom is -0.487 e. The van der Waals surface area contributed by atoms with Crippen molar-refractivity contribution in [3.8, 4) is 5.75 Å². The molecule has 0 unspecified atom stereocenters. The number of sulfonamides is 1. The molecule has 5 rings (SSSR count).